The molecule has 0 bridgehead atoms. The molecule has 0 radical (unpaired) electrons. The standard InChI is InChI=1S/C13H27N3O2S/c1-3-13-10-16(9-8-15(13)2)19(17,18)11-12-6-4-5-7-14-12/h12-14H,3-11H2,1-2H3. The molecule has 0 aromatic rings. The van der Waals surface area contributed by atoms with Gasteiger partial charge in [-0.3, -0.25) is 0 Å². The quantitative estimate of drug-likeness (QED) is 0.818. The van der Waals surface area contributed by atoms with Crippen molar-refractivity contribution in [1.82, 2.24) is 14.5 Å². The van der Waals surface area contributed by atoms with Gasteiger partial charge >= 0.3 is 0 Å². The number of nitrogens with one attached hydrogen (secondary N) is 1. The van der Waals surface area contributed by atoms with Crippen LogP contribution < -0.4 is 5.32 Å². The zero-order valence-corrected chi connectivity index (χ0v) is 13.0. The largest absolute Gasteiger partial charge is 0.313 e. The first-order valence-electron chi connectivity index (χ1n) is 7.44. The average Bonchev–Trinajstić information content (AvgIpc) is 2.39. The number of piperidine rings is 1. The summed E-state index contributed by atoms with van der Waals surface area (Å²) >= 11 is 0. The lowest BCUT2D eigenvalue weighted by Gasteiger charge is -2.39. The van der Waals surface area contributed by atoms with Crippen LogP contribution in [-0.2, 0) is 10.0 Å². The molecule has 0 saturated carbocycles. The molecule has 1 N–H and O–H groups in total. The number of hydrogen-bond donors (Lipinski definition) is 1. The van der Waals surface area contributed by atoms with E-state index in [0.717, 1.165) is 32.4 Å². The molecule has 0 aromatic heterocycles. The van der Waals surface area contributed by atoms with Crippen LogP contribution >= 0.6 is 0 Å². The van der Waals surface area contributed by atoms with Gasteiger partial charge in [0, 0.05) is 31.7 Å². The Morgan fingerprint density at radius 3 is 2.68 bits per heavy atom. The van der Waals surface area contributed by atoms with E-state index in [4.69, 9.17) is 0 Å². The van der Waals surface area contributed by atoms with Gasteiger partial charge in [0.1, 0.15) is 0 Å². The van der Waals surface area contributed by atoms with Gasteiger partial charge in [-0.2, -0.15) is 4.31 Å². The van der Waals surface area contributed by atoms with Gasteiger partial charge in [-0.25, -0.2) is 8.42 Å². The van der Waals surface area contributed by atoms with Crippen LogP contribution in [0.1, 0.15) is 32.6 Å². The molecule has 0 aliphatic carbocycles. The third kappa shape index (κ3) is 3.90. The predicted octanol–water partition coefficient (Wildman–Crippen LogP) is 0.484. The predicted molar refractivity (Wildman–Crippen MR) is 77.7 cm³/mol. The van der Waals surface area contributed by atoms with E-state index in [1.807, 2.05) is 0 Å². The van der Waals surface area contributed by atoms with Gasteiger partial charge < -0.3 is 10.2 Å². The van der Waals surface area contributed by atoms with Crippen LogP contribution in [0.4, 0.5) is 0 Å². The van der Waals surface area contributed by atoms with Gasteiger partial charge in [0.05, 0.1) is 5.75 Å². The SMILES string of the molecule is CCC1CN(S(=O)(=O)CC2CCCCN2)CCN1C. The molecule has 2 rings (SSSR count). The van der Waals surface area contributed by atoms with Gasteiger partial charge in [-0.15, -0.1) is 0 Å². The second-order valence-corrected chi connectivity index (χ2v) is 7.84. The molecule has 2 aliphatic rings. The molecule has 2 saturated heterocycles. The molecule has 2 aliphatic heterocycles. The summed E-state index contributed by atoms with van der Waals surface area (Å²) in [6.45, 7) is 5.22. The Morgan fingerprint density at radius 1 is 1.26 bits per heavy atom. The Kier molecular flexibility index (Phi) is 5.22. The number of rotatable bonds is 4. The van der Waals surface area contributed by atoms with Crippen molar-refractivity contribution >= 4 is 10.0 Å². The van der Waals surface area contributed by atoms with Crippen molar-refractivity contribution in [2.75, 3.05) is 39.0 Å². The first-order valence-corrected chi connectivity index (χ1v) is 9.05. The number of nitrogens with zero attached hydrogens (tertiary/aromatic N) is 2. The second kappa shape index (κ2) is 6.52. The van der Waals surface area contributed by atoms with E-state index in [1.54, 1.807) is 4.31 Å². The fourth-order valence-corrected chi connectivity index (χ4v) is 4.80. The highest BCUT2D eigenvalue weighted by atomic mass is 32.2. The van der Waals surface area contributed by atoms with Crippen LogP contribution in [0.3, 0.4) is 0 Å². The molecule has 6 heteroatoms. The molecule has 0 spiro atoms. The number of likely N-dealkylation sites (N-methyl/N-ethyl adjacent to an activating group) is 1. The summed E-state index contributed by atoms with van der Waals surface area (Å²) in [7, 11) is -1.02. The Balaban J connectivity index is 1.95. The lowest BCUT2D eigenvalue weighted by atomic mass is 10.1. The van der Waals surface area contributed by atoms with E-state index < -0.39 is 10.0 Å². The Labute approximate surface area is 117 Å². The second-order valence-electron chi connectivity index (χ2n) is 5.83. The highest BCUT2D eigenvalue weighted by molar-refractivity contribution is 7.89. The van der Waals surface area contributed by atoms with E-state index >= 15 is 0 Å². The van der Waals surface area contributed by atoms with Crippen LogP contribution in [0, 0.1) is 0 Å². The van der Waals surface area contributed by atoms with E-state index in [2.05, 4.69) is 24.2 Å². The summed E-state index contributed by atoms with van der Waals surface area (Å²) in [5.74, 6) is 0.271. The molecular formula is C13H27N3O2S. The molecular weight excluding hydrogens is 262 g/mol. The van der Waals surface area contributed by atoms with Gasteiger partial charge in [0.2, 0.25) is 10.0 Å². The minimum Gasteiger partial charge on any atom is -0.313 e. The minimum atomic E-state index is -3.11. The molecule has 0 aromatic carbocycles. The monoisotopic (exact) mass is 289 g/mol. The van der Waals surface area contributed by atoms with Crippen molar-refractivity contribution in [3.05, 3.63) is 0 Å². The van der Waals surface area contributed by atoms with Crippen LogP contribution in [-0.4, -0.2) is 68.7 Å². The van der Waals surface area contributed by atoms with E-state index in [-0.39, 0.29) is 11.8 Å². The summed E-state index contributed by atoms with van der Waals surface area (Å²) in [4.78, 5) is 2.27. The van der Waals surface area contributed by atoms with E-state index in [1.165, 1.54) is 6.42 Å². The topological polar surface area (TPSA) is 52.7 Å². The van der Waals surface area contributed by atoms with Gasteiger partial charge in [-0.05, 0) is 32.9 Å². The number of hydrogen-bond acceptors (Lipinski definition) is 4. The fourth-order valence-electron chi connectivity index (χ4n) is 3.04. The maximum absolute atomic E-state index is 12.5. The molecule has 5 nitrogen and oxygen atoms in total. The summed E-state index contributed by atoms with van der Waals surface area (Å²) in [5.41, 5.74) is 0. The van der Waals surface area contributed by atoms with Crippen LogP contribution in [0.2, 0.25) is 0 Å². The maximum Gasteiger partial charge on any atom is 0.215 e. The molecule has 112 valence electrons. The Bertz CT molecular complexity index is 379. The zero-order chi connectivity index (χ0) is 13.9. The third-order valence-electron chi connectivity index (χ3n) is 4.43. The van der Waals surface area contributed by atoms with Crippen molar-refractivity contribution < 1.29 is 8.42 Å². The Morgan fingerprint density at radius 2 is 2.05 bits per heavy atom. The molecule has 2 fully saturated rings. The number of piperazine rings is 1. The summed E-state index contributed by atoms with van der Waals surface area (Å²) in [5, 5.41) is 3.33. The fraction of sp³-hybridized carbons (Fsp3) is 1.00. The third-order valence-corrected chi connectivity index (χ3v) is 6.37. The van der Waals surface area contributed by atoms with E-state index in [9.17, 15) is 8.42 Å². The van der Waals surface area contributed by atoms with Crippen molar-refractivity contribution in [3.8, 4) is 0 Å². The molecule has 2 unspecified atom stereocenters. The first-order chi connectivity index (χ1) is 9.03. The van der Waals surface area contributed by atoms with Gasteiger partial charge in [0.25, 0.3) is 0 Å². The van der Waals surface area contributed by atoms with Crippen LogP contribution in [0.25, 0.3) is 0 Å². The zero-order valence-electron chi connectivity index (χ0n) is 12.1. The summed E-state index contributed by atoms with van der Waals surface area (Å²) < 4.78 is 26.7. The van der Waals surface area contributed by atoms with Crippen molar-refractivity contribution in [2.24, 2.45) is 0 Å². The highest BCUT2D eigenvalue weighted by Crippen LogP contribution is 2.17. The lowest BCUT2D eigenvalue weighted by Crippen LogP contribution is -2.54. The Hall–Kier alpha value is -0.170. The molecule has 0 amide bonds. The van der Waals surface area contributed by atoms with Crippen LogP contribution in [0.15, 0.2) is 0 Å². The summed E-state index contributed by atoms with van der Waals surface area (Å²) in [6, 6.07) is 0.515. The van der Waals surface area contributed by atoms with E-state index in [0.29, 0.717) is 19.1 Å². The molecule has 19 heavy (non-hydrogen) atoms. The maximum atomic E-state index is 12.5. The lowest BCUT2D eigenvalue weighted by molar-refractivity contribution is 0.143. The minimum absolute atomic E-state index is 0.151. The van der Waals surface area contributed by atoms with Gasteiger partial charge in [0.15, 0.2) is 0 Å². The van der Waals surface area contributed by atoms with Crippen LogP contribution in [0.5, 0.6) is 0 Å². The normalized spacial score (nSPS) is 31.5. The first kappa shape index (κ1) is 15.2. The van der Waals surface area contributed by atoms with Crippen molar-refractivity contribution in [1.29, 1.82) is 0 Å². The smallest absolute Gasteiger partial charge is 0.215 e. The van der Waals surface area contributed by atoms with Crippen molar-refractivity contribution in [3.63, 3.8) is 0 Å². The summed E-state index contributed by atoms with van der Waals surface area (Å²) in [6.07, 6.45) is 4.31. The number of sulfonamides is 1. The highest BCUT2D eigenvalue weighted by Gasteiger charge is 2.32. The molecule has 2 heterocycles. The molecule has 2 atom stereocenters. The van der Waals surface area contributed by atoms with Crippen molar-refractivity contribution in [2.45, 2.75) is 44.7 Å². The average molecular weight is 289 g/mol. The van der Waals surface area contributed by atoms with Gasteiger partial charge in [-0.1, -0.05) is 13.3 Å².